The average molecular weight is 299 g/mol. The Balaban J connectivity index is 0.00000200. The first-order valence-electron chi connectivity index (χ1n) is 5.73. The Hall–Kier alpha value is -2.21. The number of nitrogens with one attached hydrogen (secondary N) is 1. The summed E-state index contributed by atoms with van der Waals surface area (Å²) < 4.78 is 9.71. The van der Waals surface area contributed by atoms with Crippen molar-refractivity contribution in [3.05, 3.63) is 36.1 Å². The van der Waals surface area contributed by atoms with Crippen LogP contribution in [0.15, 0.2) is 36.1 Å². The number of carbonyl (C=O) groups excluding carboxylic acids is 2. The number of nitrogen functional groups attached to an aromatic ring is 1. The number of ether oxygens (including phenoxy) is 2. The van der Waals surface area contributed by atoms with Crippen molar-refractivity contribution in [2.24, 2.45) is 0 Å². The van der Waals surface area contributed by atoms with Crippen molar-refractivity contribution in [1.82, 2.24) is 0 Å². The molecule has 0 aliphatic carbocycles. The zero-order valence-electron chi connectivity index (χ0n) is 10.6. The molecule has 1 atom stereocenters. The molecule has 1 aromatic carbocycles. The van der Waals surface area contributed by atoms with Gasteiger partial charge in [0.2, 0.25) is 5.78 Å². The number of anilines is 2. The Labute approximate surface area is 122 Å². The fraction of sp³-hybridized carbons (Fsp3) is 0.231. The highest BCUT2D eigenvalue weighted by Crippen LogP contribution is 2.18. The highest BCUT2D eigenvalue weighted by molar-refractivity contribution is 5.99. The van der Waals surface area contributed by atoms with E-state index in [4.69, 9.17) is 15.2 Å². The van der Waals surface area contributed by atoms with Crippen molar-refractivity contribution in [3.63, 3.8) is 0 Å². The first-order valence-corrected chi connectivity index (χ1v) is 5.73. The Kier molecular flexibility index (Phi) is 5.86. The zero-order chi connectivity index (χ0) is 13.7. The van der Waals surface area contributed by atoms with E-state index in [0.29, 0.717) is 17.7 Å². The van der Waals surface area contributed by atoms with Crippen LogP contribution in [0.3, 0.4) is 0 Å². The van der Waals surface area contributed by atoms with E-state index in [2.05, 4.69) is 5.32 Å². The number of hydrogen-bond donors (Lipinski definition) is 2. The minimum Gasteiger partial charge on any atom is -0.493 e. The van der Waals surface area contributed by atoms with Crippen LogP contribution in [0.2, 0.25) is 0 Å². The first-order chi connectivity index (χ1) is 9.20. The Morgan fingerprint density at radius 1 is 1.40 bits per heavy atom. The topological polar surface area (TPSA) is 90.7 Å². The van der Waals surface area contributed by atoms with E-state index in [1.165, 1.54) is 6.26 Å². The Morgan fingerprint density at radius 2 is 2.10 bits per heavy atom. The summed E-state index contributed by atoms with van der Waals surface area (Å²) in [7, 11) is 0. The summed E-state index contributed by atoms with van der Waals surface area (Å²) in [6, 6.07) is 6.60. The highest BCUT2D eigenvalue weighted by atomic mass is 35.5. The lowest BCUT2D eigenvalue weighted by molar-refractivity contribution is -0.129. The molecule has 1 unspecified atom stereocenters. The Bertz CT molecular complexity index is 502. The van der Waals surface area contributed by atoms with Gasteiger partial charge in [0.05, 0.1) is 17.9 Å². The van der Waals surface area contributed by atoms with Gasteiger partial charge >= 0.3 is 0 Å². The van der Waals surface area contributed by atoms with Crippen LogP contribution in [0.5, 0.6) is 0 Å². The van der Waals surface area contributed by atoms with Crippen molar-refractivity contribution in [2.45, 2.75) is 6.04 Å². The van der Waals surface area contributed by atoms with E-state index in [-0.39, 0.29) is 31.4 Å². The third-order valence-corrected chi connectivity index (χ3v) is 2.70. The lowest BCUT2D eigenvalue weighted by atomic mass is 10.1. The molecule has 0 amide bonds. The summed E-state index contributed by atoms with van der Waals surface area (Å²) in [4.78, 5) is 21.9. The van der Waals surface area contributed by atoms with Crippen LogP contribution in [-0.4, -0.2) is 31.5 Å². The van der Waals surface area contributed by atoms with Crippen LogP contribution in [-0.2, 0) is 19.1 Å². The van der Waals surface area contributed by atoms with Gasteiger partial charge in [0, 0.05) is 11.4 Å². The number of halogens is 1. The predicted molar refractivity (Wildman–Crippen MR) is 76.6 cm³/mol. The van der Waals surface area contributed by atoms with E-state index in [9.17, 15) is 9.59 Å². The van der Waals surface area contributed by atoms with Crippen LogP contribution in [0.25, 0.3) is 0 Å². The van der Waals surface area contributed by atoms with Gasteiger partial charge in [-0.2, -0.15) is 0 Å². The third kappa shape index (κ3) is 3.89. The second-order valence-corrected chi connectivity index (χ2v) is 4.06. The molecule has 0 radical (unpaired) electrons. The van der Waals surface area contributed by atoms with Crippen molar-refractivity contribution >= 4 is 36.0 Å². The molecule has 0 spiro atoms. The van der Waals surface area contributed by atoms with Gasteiger partial charge in [-0.15, -0.1) is 12.4 Å². The predicted octanol–water partition coefficient (Wildman–Crippen LogP) is 1.13. The minimum atomic E-state index is -0.441. The quantitative estimate of drug-likeness (QED) is 0.604. The maximum atomic E-state index is 11.6. The van der Waals surface area contributed by atoms with Gasteiger partial charge in [0.15, 0.2) is 6.61 Å². The first kappa shape index (κ1) is 15.8. The molecule has 1 aliphatic rings. The molecule has 3 N–H and O–H groups in total. The molecule has 2 rings (SSSR count). The van der Waals surface area contributed by atoms with Crippen LogP contribution in [0.1, 0.15) is 0 Å². The highest BCUT2D eigenvalue weighted by Gasteiger charge is 2.26. The molecule has 0 aromatic heterocycles. The summed E-state index contributed by atoms with van der Waals surface area (Å²) in [6.45, 7) is 0.420. The molecule has 0 fully saturated rings. The molecule has 108 valence electrons. The molecule has 0 saturated carbocycles. The standard InChI is InChI=1S/C13H14N2O4.ClH/c14-9-1-3-10(4-2-9)15-12(6-19-8-16)11-5-18-7-13(11)17;/h1-5,8,12,15H,6-7,14H2;1H. The van der Waals surface area contributed by atoms with Crippen LogP contribution < -0.4 is 11.1 Å². The maximum Gasteiger partial charge on any atom is 0.293 e. The molecular formula is C13H15ClN2O4. The van der Waals surface area contributed by atoms with E-state index >= 15 is 0 Å². The molecule has 0 bridgehead atoms. The molecule has 1 heterocycles. The van der Waals surface area contributed by atoms with E-state index in [1.807, 2.05) is 0 Å². The lowest BCUT2D eigenvalue weighted by Crippen LogP contribution is -2.30. The summed E-state index contributed by atoms with van der Waals surface area (Å²) in [6.07, 6.45) is 1.39. The zero-order valence-corrected chi connectivity index (χ0v) is 11.4. The van der Waals surface area contributed by atoms with Gasteiger partial charge in [-0.05, 0) is 24.3 Å². The van der Waals surface area contributed by atoms with Crippen molar-refractivity contribution in [1.29, 1.82) is 0 Å². The van der Waals surface area contributed by atoms with E-state index < -0.39 is 6.04 Å². The van der Waals surface area contributed by atoms with Crippen molar-refractivity contribution in [3.8, 4) is 0 Å². The SMILES string of the molecule is Cl.Nc1ccc(NC(COC=O)C2=COCC2=O)cc1. The molecule has 20 heavy (non-hydrogen) atoms. The fourth-order valence-electron chi connectivity index (χ4n) is 1.76. The van der Waals surface area contributed by atoms with Crippen molar-refractivity contribution in [2.75, 3.05) is 24.3 Å². The number of benzene rings is 1. The fourth-order valence-corrected chi connectivity index (χ4v) is 1.76. The molecule has 6 nitrogen and oxygen atoms in total. The van der Waals surface area contributed by atoms with Gasteiger partial charge in [-0.3, -0.25) is 9.59 Å². The molecular weight excluding hydrogens is 284 g/mol. The lowest BCUT2D eigenvalue weighted by Gasteiger charge is -2.18. The van der Waals surface area contributed by atoms with Crippen LogP contribution >= 0.6 is 12.4 Å². The molecule has 1 aliphatic heterocycles. The molecule has 7 heteroatoms. The minimum absolute atomic E-state index is 0. The number of ketones is 1. The maximum absolute atomic E-state index is 11.6. The van der Waals surface area contributed by atoms with Gasteiger partial charge in [-0.25, -0.2) is 0 Å². The Morgan fingerprint density at radius 3 is 2.65 bits per heavy atom. The second kappa shape index (κ2) is 7.40. The number of carbonyl (C=O) groups is 2. The van der Waals surface area contributed by atoms with Gasteiger partial charge < -0.3 is 20.5 Å². The third-order valence-electron chi connectivity index (χ3n) is 2.70. The largest absolute Gasteiger partial charge is 0.493 e. The monoisotopic (exact) mass is 298 g/mol. The average Bonchev–Trinajstić information content (AvgIpc) is 2.83. The van der Waals surface area contributed by atoms with E-state index in [1.54, 1.807) is 24.3 Å². The summed E-state index contributed by atoms with van der Waals surface area (Å²) in [5, 5.41) is 3.10. The second-order valence-electron chi connectivity index (χ2n) is 4.06. The van der Waals surface area contributed by atoms with Gasteiger partial charge in [-0.1, -0.05) is 0 Å². The van der Waals surface area contributed by atoms with Crippen LogP contribution in [0.4, 0.5) is 11.4 Å². The van der Waals surface area contributed by atoms with Crippen molar-refractivity contribution < 1.29 is 19.1 Å². The summed E-state index contributed by atoms with van der Waals surface area (Å²) in [5.41, 5.74) is 7.47. The van der Waals surface area contributed by atoms with Crippen LogP contribution in [0, 0.1) is 0 Å². The molecule has 1 aromatic rings. The molecule has 0 saturated heterocycles. The van der Waals surface area contributed by atoms with Gasteiger partial charge in [0.1, 0.15) is 6.61 Å². The smallest absolute Gasteiger partial charge is 0.293 e. The number of rotatable bonds is 6. The number of Topliss-reactive ketones (excluding diaryl/α,β-unsaturated/α-hetero) is 1. The normalized spacial score (nSPS) is 14.6. The summed E-state index contributed by atoms with van der Waals surface area (Å²) >= 11 is 0. The van der Waals surface area contributed by atoms with E-state index in [0.717, 1.165) is 5.69 Å². The number of hydrogen-bond acceptors (Lipinski definition) is 6. The summed E-state index contributed by atoms with van der Waals surface area (Å²) in [5.74, 6) is -0.123. The van der Waals surface area contributed by atoms with Gasteiger partial charge in [0.25, 0.3) is 6.47 Å². The number of nitrogens with two attached hydrogens (primary N) is 1.